The van der Waals surface area contributed by atoms with Crippen LogP contribution in [-0.2, 0) is 0 Å². The highest BCUT2D eigenvalue weighted by atomic mass is 16.1. The molecular formula is C9H9N5O. The summed E-state index contributed by atoms with van der Waals surface area (Å²) in [5, 5.41) is 0. The number of hydrogen-bond donors (Lipinski definition) is 3. The average molecular weight is 203 g/mol. The second-order valence-electron chi connectivity index (χ2n) is 2.95. The Hall–Kier alpha value is -2.37. The second kappa shape index (κ2) is 3.41. The number of H-pyrrole nitrogens is 1. The van der Waals surface area contributed by atoms with E-state index >= 15 is 0 Å². The predicted octanol–water partition coefficient (Wildman–Crippen LogP) is -0.00370. The van der Waals surface area contributed by atoms with Gasteiger partial charge in [0.15, 0.2) is 5.82 Å². The van der Waals surface area contributed by atoms with Gasteiger partial charge in [0.25, 0.3) is 5.56 Å². The summed E-state index contributed by atoms with van der Waals surface area (Å²) in [4.78, 5) is 21.7. The molecule has 2 heterocycles. The molecule has 15 heavy (non-hydrogen) atoms. The van der Waals surface area contributed by atoms with Crippen LogP contribution < -0.4 is 17.0 Å². The Morgan fingerprint density at radius 3 is 2.47 bits per heavy atom. The highest BCUT2D eigenvalue weighted by Crippen LogP contribution is 2.14. The molecule has 0 aliphatic carbocycles. The standard InChI is InChI=1S/C9H9N5O/c10-6-7(11)13-8(14-9(6)15)5-1-3-12-4-2-5/h1-4H,10H2,(H3,11,13,14,15). The van der Waals surface area contributed by atoms with Crippen molar-refractivity contribution in [3.8, 4) is 11.4 Å². The lowest BCUT2D eigenvalue weighted by molar-refractivity contribution is 1.14. The maximum atomic E-state index is 11.3. The number of pyridine rings is 1. The highest BCUT2D eigenvalue weighted by molar-refractivity contribution is 5.62. The van der Waals surface area contributed by atoms with Crippen molar-refractivity contribution >= 4 is 11.5 Å². The minimum Gasteiger partial charge on any atom is -0.391 e. The van der Waals surface area contributed by atoms with Gasteiger partial charge in [0.1, 0.15) is 11.5 Å². The number of rotatable bonds is 1. The Bertz CT molecular complexity index is 534. The Labute approximate surface area is 85.0 Å². The molecule has 0 aromatic carbocycles. The van der Waals surface area contributed by atoms with Gasteiger partial charge < -0.3 is 16.5 Å². The van der Waals surface area contributed by atoms with Gasteiger partial charge in [-0.2, -0.15) is 0 Å². The van der Waals surface area contributed by atoms with E-state index in [1.807, 2.05) is 0 Å². The summed E-state index contributed by atoms with van der Waals surface area (Å²) in [6.45, 7) is 0. The lowest BCUT2D eigenvalue weighted by atomic mass is 10.2. The molecule has 0 saturated carbocycles. The zero-order valence-electron chi connectivity index (χ0n) is 7.77. The van der Waals surface area contributed by atoms with Crippen LogP contribution >= 0.6 is 0 Å². The number of nitrogens with one attached hydrogen (secondary N) is 1. The van der Waals surface area contributed by atoms with Gasteiger partial charge in [0.2, 0.25) is 0 Å². The van der Waals surface area contributed by atoms with Crippen molar-refractivity contribution in [2.75, 3.05) is 11.5 Å². The summed E-state index contributed by atoms with van der Waals surface area (Å²) < 4.78 is 0. The largest absolute Gasteiger partial charge is 0.391 e. The van der Waals surface area contributed by atoms with E-state index in [9.17, 15) is 4.79 Å². The lowest BCUT2D eigenvalue weighted by Crippen LogP contribution is -2.16. The van der Waals surface area contributed by atoms with E-state index in [4.69, 9.17) is 11.5 Å². The molecule has 0 aliphatic heterocycles. The number of nitrogen functional groups attached to an aromatic ring is 2. The van der Waals surface area contributed by atoms with Gasteiger partial charge >= 0.3 is 0 Å². The SMILES string of the molecule is Nc1nc(-c2ccncc2)[nH]c(=O)c1N. The van der Waals surface area contributed by atoms with Gasteiger partial charge in [-0.15, -0.1) is 0 Å². The van der Waals surface area contributed by atoms with Gasteiger partial charge in [-0.1, -0.05) is 0 Å². The average Bonchev–Trinajstić information content (AvgIpc) is 2.26. The Morgan fingerprint density at radius 1 is 1.20 bits per heavy atom. The molecule has 5 N–H and O–H groups in total. The predicted molar refractivity (Wildman–Crippen MR) is 56.9 cm³/mol. The first-order valence-electron chi connectivity index (χ1n) is 4.24. The van der Waals surface area contributed by atoms with E-state index < -0.39 is 5.56 Å². The Balaban J connectivity index is 2.61. The van der Waals surface area contributed by atoms with Gasteiger partial charge in [-0.25, -0.2) is 4.98 Å². The fourth-order valence-electron chi connectivity index (χ4n) is 1.15. The van der Waals surface area contributed by atoms with Crippen LogP contribution in [0.15, 0.2) is 29.3 Å². The quantitative estimate of drug-likeness (QED) is 0.604. The third-order valence-electron chi connectivity index (χ3n) is 1.94. The van der Waals surface area contributed by atoms with Gasteiger partial charge in [-0.05, 0) is 12.1 Å². The van der Waals surface area contributed by atoms with E-state index in [1.54, 1.807) is 24.5 Å². The smallest absolute Gasteiger partial charge is 0.276 e. The van der Waals surface area contributed by atoms with E-state index in [-0.39, 0.29) is 11.5 Å². The van der Waals surface area contributed by atoms with Gasteiger partial charge in [-0.3, -0.25) is 9.78 Å². The maximum absolute atomic E-state index is 11.3. The minimum absolute atomic E-state index is 0.0329. The van der Waals surface area contributed by atoms with Crippen molar-refractivity contribution in [1.82, 2.24) is 15.0 Å². The van der Waals surface area contributed by atoms with Gasteiger partial charge in [0, 0.05) is 18.0 Å². The van der Waals surface area contributed by atoms with Crippen molar-refractivity contribution in [3.05, 3.63) is 34.9 Å². The first kappa shape index (κ1) is 9.20. The Kier molecular flexibility index (Phi) is 2.09. The molecule has 0 bridgehead atoms. The fourth-order valence-corrected chi connectivity index (χ4v) is 1.15. The molecule has 0 amide bonds. The van der Waals surface area contributed by atoms with Crippen LogP contribution in [0.5, 0.6) is 0 Å². The number of nitrogens with two attached hydrogens (primary N) is 2. The zero-order chi connectivity index (χ0) is 10.8. The van der Waals surface area contributed by atoms with Crippen molar-refractivity contribution in [3.63, 3.8) is 0 Å². The zero-order valence-corrected chi connectivity index (χ0v) is 7.77. The topological polar surface area (TPSA) is 111 Å². The third-order valence-corrected chi connectivity index (χ3v) is 1.94. The molecule has 6 heteroatoms. The monoisotopic (exact) mass is 203 g/mol. The molecule has 0 unspecified atom stereocenters. The molecule has 76 valence electrons. The molecule has 0 aliphatic rings. The molecule has 6 nitrogen and oxygen atoms in total. The fraction of sp³-hybridized carbons (Fsp3) is 0. The van der Waals surface area contributed by atoms with Crippen molar-refractivity contribution in [2.45, 2.75) is 0 Å². The first-order valence-corrected chi connectivity index (χ1v) is 4.24. The van der Waals surface area contributed by atoms with Crippen LogP contribution in [-0.4, -0.2) is 15.0 Å². The molecule has 2 aromatic rings. The summed E-state index contributed by atoms with van der Waals surface area (Å²) >= 11 is 0. The van der Waals surface area contributed by atoms with Gasteiger partial charge in [0.05, 0.1) is 0 Å². The summed E-state index contributed by atoms with van der Waals surface area (Å²) in [5.74, 6) is 0.416. The number of aromatic amines is 1. The van der Waals surface area contributed by atoms with Crippen molar-refractivity contribution < 1.29 is 0 Å². The van der Waals surface area contributed by atoms with E-state index in [0.717, 1.165) is 5.56 Å². The molecule has 0 fully saturated rings. The van der Waals surface area contributed by atoms with E-state index in [0.29, 0.717) is 5.82 Å². The van der Waals surface area contributed by atoms with Crippen LogP contribution in [0.1, 0.15) is 0 Å². The number of hydrogen-bond acceptors (Lipinski definition) is 5. The van der Waals surface area contributed by atoms with E-state index in [2.05, 4.69) is 15.0 Å². The molecule has 2 aromatic heterocycles. The Morgan fingerprint density at radius 2 is 1.87 bits per heavy atom. The molecular weight excluding hydrogens is 194 g/mol. The summed E-state index contributed by atoms with van der Waals surface area (Å²) in [6, 6.07) is 3.43. The highest BCUT2D eigenvalue weighted by Gasteiger charge is 2.06. The van der Waals surface area contributed by atoms with Crippen LogP contribution in [0.25, 0.3) is 11.4 Å². The van der Waals surface area contributed by atoms with Crippen LogP contribution in [0.3, 0.4) is 0 Å². The summed E-state index contributed by atoms with van der Waals surface area (Å²) in [5.41, 5.74) is 11.1. The second-order valence-corrected chi connectivity index (χ2v) is 2.95. The van der Waals surface area contributed by atoms with Crippen molar-refractivity contribution in [1.29, 1.82) is 0 Å². The van der Waals surface area contributed by atoms with Crippen LogP contribution in [0.4, 0.5) is 11.5 Å². The third kappa shape index (κ3) is 1.64. The van der Waals surface area contributed by atoms with Crippen LogP contribution in [0.2, 0.25) is 0 Å². The number of aromatic nitrogens is 3. The normalized spacial score (nSPS) is 10.1. The minimum atomic E-state index is -0.436. The van der Waals surface area contributed by atoms with Crippen LogP contribution in [0, 0.1) is 0 Å². The molecule has 0 atom stereocenters. The van der Waals surface area contributed by atoms with Crippen molar-refractivity contribution in [2.24, 2.45) is 0 Å². The lowest BCUT2D eigenvalue weighted by Gasteiger charge is -2.02. The number of nitrogens with zero attached hydrogens (tertiary/aromatic N) is 2. The molecule has 0 saturated heterocycles. The molecule has 0 spiro atoms. The summed E-state index contributed by atoms with van der Waals surface area (Å²) in [7, 11) is 0. The number of anilines is 2. The molecule has 0 radical (unpaired) electrons. The molecule has 2 rings (SSSR count). The van der Waals surface area contributed by atoms with E-state index in [1.165, 1.54) is 0 Å². The maximum Gasteiger partial charge on any atom is 0.276 e. The summed E-state index contributed by atoms with van der Waals surface area (Å²) in [6.07, 6.45) is 3.20. The first-order chi connectivity index (χ1) is 7.18.